The monoisotopic (exact) mass is 395 g/mol. The molecule has 9 nitrogen and oxygen atoms in total. The van der Waals surface area contributed by atoms with Crippen molar-refractivity contribution in [2.45, 2.75) is 19.4 Å². The van der Waals surface area contributed by atoms with Gasteiger partial charge in [-0.2, -0.15) is 5.10 Å². The summed E-state index contributed by atoms with van der Waals surface area (Å²) in [6.07, 6.45) is -0.123. The number of phenols is 1. The maximum atomic E-state index is 13.5. The third-order valence-corrected chi connectivity index (χ3v) is 5.12. The van der Waals surface area contributed by atoms with E-state index in [4.69, 9.17) is 0 Å². The maximum absolute atomic E-state index is 13.5. The highest BCUT2D eigenvalue weighted by atomic mass is 16.4. The Bertz CT molecular complexity index is 1080. The number of pyridine rings is 1. The van der Waals surface area contributed by atoms with E-state index in [1.165, 1.54) is 0 Å². The molecule has 1 aliphatic heterocycles. The van der Waals surface area contributed by atoms with Crippen molar-refractivity contribution in [2.24, 2.45) is 0 Å². The van der Waals surface area contributed by atoms with Crippen molar-refractivity contribution in [2.75, 3.05) is 19.6 Å². The number of aromatic hydroxyl groups is 1. The van der Waals surface area contributed by atoms with Crippen LogP contribution in [0, 0.1) is 6.92 Å². The van der Waals surface area contributed by atoms with Gasteiger partial charge in [0.25, 0.3) is 5.91 Å². The number of carboxylic acid groups (broad SMARTS) is 1. The molecule has 1 amide bonds. The number of aliphatic carboxylic acids is 1. The van der Waals surface area contributed by atoms with Crippen LogP contribution in [0.15, 0.2) is 30.3 Å². The van der Waals surface area contributed by atoms with E-state index in [9.17, 15) is 19.8 Å². The Balaban J connectivity index is 1.80. The quantitative estimate of drug-likeness (QED) is 0.527. The molecule has 0 radical (unpaired) electrons. The number of fused-ring (bicyclic) bond motifs is 1. The minimum atomic E-state index is -0.944. The molecule has 0 bridgehead atoms. The van der Waals surface area contributed by atoms with E-state index in [1.807, 2.05) is 6.92 Å². The van der Waals surface area contributed by atoms with E-state index in [-0.39, 0.29) is 18.1 Å². The molecule has 1 atom stereocenters. The molecule has 1 aliphatic rings. The first-order chi connectivity index (χ1) is 13.9. The number of phenolic OH excluding ortho intramolecular Hbond substituents is 1. The number of aromatic nitrogens is 3. The Hall–Kier alpha value is -3.46. The van der Waals surface area contributed by atoms with Crippen LogP contribution >= 0.6 is 0 Å². The smallest absolute Gasteiger partial charge is 0.305 e. The SMILES string of the molecule is Cc1[nH]nc2nc(-c3ccc(O)cc3)cc(C(=O)N3CCNCC3CC(=O)O)c12. The van der Waals surface area contributed by atoms with E-state index < -0.39 is 12.0 Å². The fourth-order valence-corrected chi connectivity index (χ4v) is 3.69. The Kier molecular flexibility index (Phi) is 4.89. The summed E-state index contributed by atoms with van der Waals surface area (Å²) in [7, 11) is 0. The number of piperazine rings is 1. The summed E-state index contributed by atoms with van der Waals surface area (Å²) in [5, 5.41) is 29.6. The van der Waals surface area contributed by atoms with Crippen LogP contribution in [0.1, 0.15) is 22.5 Å². The van der Waals surface area contributed by atoms with E-state index in [0.717, 1.165) is 11.3 Å². The third-order valence-electron chi connectivity index (χ3n) is 5.12. The molecule has 1 aromatic carbocycles. The average molecular weight is 395 g/mol. The van der Waals surface area contributed by atoms with Gasteiger partial charge in [-0.15, -0.1) is 0 Å². The second-order valence-electron chi connectivity index (χ2n) is 7.10. The molecular formula is C20H21N5O4. The molecule has 0 aliphatic carbocycles. The zero-order valence-corrected chi connectivity index (χ0v) is 15.8. The summed E-state index contributed by atoms with van der Waals surface area (Å²) >= 11 is 0. The standard InChI is InChI=1S/C20H21N5O4/c1-11-18-15(20(29)25-7-6-21-10-13(25)8-17(27)28)9-16(22-19(18)24-23-11)12-2-4-14(26)5-3-12/h2-5,9,13,21,26H,6-8,10H2,1H3,(H,27,28)(H,22,23,24). The Morgan fingerprint density at radius 1 is 1.28 bits per heavy atom. The van der Waals surface area contributed by atoms with Gasteiger partial charge in [0.15, 0.2) is 5.65 Å². The van der Waals surface area contributed by atoms with Crippen LogP contribution in [-0.2, 0) is 4.79 Å². The molecule has 1 saturated heterocycles. The number of benzene rings is 1. The molecule has 9 heteroatoms. The number of carbonyl (C=O) groups is 2. The van der Waals surface area contributed by atoms with Crippen molar-refractivity contribution in [3.8, 4) is 17.0 Å². The first-order valence-electron chi connectivity index (χ1n) is 9.32. The summed E-state index contributed by atoms with van der Waals surface area (Å²) < 4.78 is 0. The number of aryl methyl sites for hydroxylation is 1. The number of aromatic amines is 1. The molecule has 29 heavy (non-hydrogen) atoms. The summed E-state index contributed by atoms with van der Waals surface area (Å²) in [4.78, 5) is 30.9. The summed E-state index contributed by atoms with van der Waals surface area (Å²) in [5.41, 5.74) is 2.86. The van der Waals surface area contributed by atoms with Gasteiger partial charge in [-0.25, -0.2) is 4.98 Å². The molecular weight excluding hydrogens is 374 g/mol. The summed E-state index contributed by atoms with van der Waals surface area (Å²) in [6.45, 7) is 3.28. The van der Waals surface area contributed by atoms with Gasteiger partial charge in [0, 0.05) is 30.9 Å². The number of rotatable bonds is 4. The number of carboxylic acids is 1. The number of hydrogen-bond acceptors (Lipinski definition) is 6. The van der Waals surface area contributed by atoms with Crippen LogP contribution < -0.4 is 5.32 Å². The minimum absolute atomic E-state index is 0.123. The van der Waals surface area contributed by atoms with Crippen molar-refractivity contribution >= 4 is 22.9 Å². The van der Waals surface area contributed by atoms with Crippen LogP contribution in [0.2, 0.25) is 0 Å². The predicted molar refractivity (Wildman–Crippen MR) is 106 cm³/mol. The lowest BCUT2D eigenvalue weighted by Gasteiger charge is -2.35. The van der Waals surface area contributed by atoms with Crippen molar-refractivity contribution in [3.05, 3.63) is 41.6 Å². The number of carbonyl (C=O) groups excluding carboxylic acids is 1. The van der Waals surface area contributed by atoms with Crippen molar-refractivity contribution in [3.63, 3.8) is 0 Å². The highest BCUT2D eigenvalue weighted by molar-refractivity contribution is 6.07. The molecule has 3 heterocycles. The number of hydrogen-bond donors (Lipinski definition) is 4. The highest BCUT2D eigenvalue weighted by Crippen LogP contribution is 2.28. The Morgan fingerprint density at radius 3 is 2.76 bits per heavy atom. The van der Waals surface area contributed by atoms with Crippen LogP contribution in [0.25, 0.3) is 22.3 Å². The van der Waals surface area contributed by atoms with Crippen molar-refractivity contribution < 1.29 is 19.8 Å². The molecule has 0 saturated carbocycles. The Labute approximate surface area is 166 Å². The number of nitrogens with one attached hydrogen (secondary N) is 2. The topological polar surface area (TPSA) is 131 Å². The molecule has 150 valence electrons. The average Bonchev–Trinajstić information content (AvgIpc) is 3.08. The van der Waals surface area contributed by atoms with Gasteiger partial charge >= 0.3 is 5.97 Å². The molecule has 4 N–H and O–H groups in total. The largest absolute Gasteiger partial charge is 0.508 e. The fraction of sp³-hybridized carbons (Fsp3) is 0.300. The second kappa shape index (κ2) is 7.51. The van der Waals surface area contributed by atoms with Gasteiger partial charge in [-0.3, -0.25) is 14.7 Å². The van der Waals surface area contributed by atoms with Gasteiger partial charge in [-0.05, 0) is 37.3 Å². The molecule has 1 fully saturated rings. The van der Waals surface area contributed by atoms with Gasteiger partial charge in [0.1, 0.15) is 5.75 Å². The Morgan fingerprint density at radius 2 is 2.03 bits per heavy atom. The van der Waals surface area contributed by atoms with Crippen molar-refractivity contribution in [1.29, 1.82) is 0 Å². The van der Waals surface area contributed by atoms with Gasteiger partial charge in [-0.1, -0.05) is 0 Å². The summed E-state index contributed by atoms with van der Waals surface area (Å²) in [6, 6.07) is 7.82. The van der Waals surface area contributed by atoms with E-state index in [1.54, 1.807) is 35.2 Å². The zero-order valence-electron chi connectivity index (χ0n) is 15.8. The molecule has 0 spiro atoms. The lowest BCUT2D eigenvalue weighted by atomic mass is 10.0. The summed E-state index contributed by atoms with van der Waals surface area (Å²) in [5.74, 6) is -1.05. The first kappa shape index (κ1) is 18.9. The van der Waals surface area contributed by atoms with Crippen LogP contribution in [0.3, 0.4) is 0 Å². The van der Waals surface area contributed by atoms with E-state index in [2.05, 4.69) is 20.5 Å². The van der Waals surface area contributed by atoms with Gasteiger partial charge in [0.05, 0.1) is 29.1 Å². The minimum Gasteiger partial charge on any atom is -0.508 e. The van der Waals surface area contributed by atoms with E-state index in [0.29, 0.717) is 41.9 Å². The molecule has 4 rings (SSSR count). The van der Waals surface area contributed by atoms with Crippen LogP contribution in [0.5, 0.6) is 5.75 Å². The van der Waals surface area contributed by atoms with Crippen LogP contribution in [-0.4, -0.2) is 67.8 Å². The highest BCUT2D eigenvalue weighted by Gasteiger charge is 2.31. The molecule has 2 aromatic heterocycles. The van der Waals surface area contributed by atoms with Crippen LogP contribution in [0.4, 0.5) is 0 Å². The lowest BCUT2D eigenvalue weighted by Crippen LogP contribution is -2.54. The number of nitrogens with zero attached hydrogens (tertiary/aromatic N) is 3. The number of amides is 1. The van der Waals surface area contributed by atoms with E-state index >= 15 is 0 Å². The predicted octanol–water partition coefficient (Wildman–Crippen LogP) is 1.53. The second-order valence-corrected chi connectivity index (χ2v) is 7.10. The van der Waals surface area contributed by atoms with Gasteiger partial charge in [0.2, 0.25) is 0 Å². The first-order valence-corrected chi connectivity index (χ1v) is 9.32. The van der Waals surface area contributed by atoms with Crippen molar-refractivity contribution in [1.82, 2.24) is 25.4 Å². The molecule has 3 aromatic rings. The number of H-pyrrole nitrogens is 1. The van der Waals surface area contributed by atoms with Gasteiger partial charge < -0.3 is 20.4 Å². The maximum Gasteiger partial charge on any atom is 0.305 e. The zero-order chi connectivity index (χ0) is 20.5. The third kappa shape index (κ3) is 3.64. The fourth-order valence-electron chi connectivity index (χ4n) is 3.69. The normalized spacial score (nSPS) is 16.9. The lowest BCUT2D eigenvalue weighted by molar-refractivity contribution is -0.138. The molecule has 1 unspecified atom stereocenters.